The Morgan fingerprint density at radius 1 is 1.25 bits per heavy atom. The molecule has 176 valence electrons. The number of benzene rings is 1. The zero-order valence-corrected chi connectivity index (χ0v) is 18.2. The number of halogens is 3. The maximum Gasteiger partial charge on any atom is 0.490 e. The number of alkyl halides is 3. The maximum absolute atomic E-state index is 12.7. The lowest BCUT2D eigenvalue weighted by atomic mass is 10.2. The monoisotopic (exact) mass is 477 g/mol. The van der Waals surface area contributed by atoms with Gasteiger partial charge in [-0.05, 0) is 26.2 Å². The molecule has 0 fully saturated rings. The average Bonchev–Trinajstić information content (AvgIpc) is 3.07. The van der Waals surface area contributed by atoms with Crippen LogP contribution < -0.4 is 5.32 Å². The number of carboxylic acids is 1. The highest BCUT2D eigenvalue weighted by Gasteiger charge is 2.38. The Morgan fingerprint density at radius 3 is 2.41 bits per heavy atom. The van der Waals surface area contributed by atoms with E-state index in [9.17, 15) is 26.4 Å². The number of para-hydroxylation sites is 1. The van der Waals surface area contributed by atoms with E-state index in [-0.39, 0.29) is 23.0 Å². The first-order valence-corrected chi connectivity index (χ1v) is 10.6. The van der Waals surface area contributed by atoms with Gasteiger partial charge in [0, 0.05) is 20.1 Å². The molecule has 1 aromatic heterocycles. The number of sulfonamides is 1. The predicted molar refractivity (Wildman–Crippen MR) is 107 cm³/mol. The van der Waals surface area contributed by atoms with Crippen LogP contribution in [0.4, 0.5) is 13.2 Å². The van der Waals surface area contributed by atoms with Gasteiger partial charge in [0.2, 0.25) is 10.0 Å². The number of amides is 1. The first-order chi connectivity index (χ1) is 14.8. The number of likely N-dealkylation sites (N-methyl/N-ethyl adjacent to an activating group) is 1. The van der Waals surface area contributed by atoms with Crippen molar-refractivity contribution >= 4 is 21.9 Å². The summed E-state index contributed by atoms with van der Waals surface area (Å²) < 4.78 is 60.1. The lowest BCUT2D eigenvalue weighted by molar-refractivity contribution is -0.192. The number of carbonyl (C=O) groups is 2. The van der Waals surface area contributed by atoms with Crippen molar-refractivity contribution in [2.75, 3.05) is 34.2 Å². The number of carboxylic acid groups (broad SMARTS) is 1. The van der Waals surface area contributed by atoms with Gasteiger partial charge in [-0.1, -0.05) is 12.1 Å². The van der Waals surface area contributed by atoms with Gasteiger partial charge < -0.3 is 15.3 Å². The molecule has 2 N–H and O–H groups in total. The van der Waals surface area contributed by atoms with Gasteiger partial charge in [-0.15, -0.1) is 0 Å². The Hall–Kier alpha value is -2.97. The maximum atomic E-state index is 12.7. The van der Waals surface area contributed by atoms with Crippen LogP contribution in [0.25, 0.3) is 5.69 Å². The van der Waals surface area contributed by atoms with E-state index < -0.39 is 22.2 Å². The summed E-state index contributed by atoms with van der Waals surface area (Å²) in [6, 6.07) is 6.72. The summed E-state index contributed by atoms with van der Waals surface area (Å²) in [6.07, 6.45) is -3.58. The Bertz CT molecular complexity index is 1100. The van der Waals surface area contributed by atoms with Gasteiger partial charge in [0.25, 0.3) is 5.91 Å². The number of aromatic nitrogens is 2. The molecule has 0 aliphatic carbocycles. The molecule has 14 heteroatoms. The number of imidazole rings is 1. The molecule has 2 heterocycles. The third-order valence-corrected chi connectivity index (χ3v) is 6.20. The van der Waals surface area contributed by atoms with Crippen LogP contribution in [0.3, 0.4) is 0 Å². The second kappa shape index (κ2) is 9.67. The van der Waals surface area contributed by atoms with Gasteiger partial charge >= 0.3 is 12.1 Å². The van der Waals surface area contributed by atoms with E-state index in [0.717, 1.165) is 0 Å². The summed E-state index contributed by atoms with van der Waals surface area (Å²) in [5.41, 5.74) is 1.30. The van der Waals surface area contributed by atoms with E-state index in [2.05, 4.69) is 10.3 Å². The van der Waals surface area contributed by atoms with Crippen LogP contribution in [0.2, 0.25) is 0 Å². The van der Waals surface area contributed by atoms with E-state index in [4.69, 9.17) is 9.90 Å². The highest BCUT2D eigenvalue weighted by atomic mass is 32.2. The van der Waals surface area contributed by atoms with E-state index in [1.54, 1.807) is 28.8 Å². The zero-order valence-electron chi connectivity index (χ0n) is 17.4. The first-order valence-electron chi connectivity index (χ1n) is 9.11. The topological polar surface area (TPSA) is 125 Å². The Balaban J connectivity index is 0.000000451. The second-order valence-corrected chi connectivity index (χ2v) is 9.01. The van der Waals surface area contributed by atoms with Gasteiger partial charge in [-0.2, -0.15) is 17.5 Å². The molecule has 0 unspecified atom stereocenters. The Labute approximate surface area is 182 Å². The standard InChI is InChI=1S/C16H21N5O3S.C2HF3O2/c1-19(2)9-8-17-16(22)15-13-10-20(3)25(23,24)14-7-5-4-6-12(14)21(13)11-18-15;3-2(4,5)1(6)7/h4-7,11H,8-10H2,1-3H3,(H,17,22);(H,6,7). The molecule has 0 atom stereocenters. The van der Waals surface area contributed by atoms with Crippen molar-refractivity contribution < 1.29 is 36.3 Å². The third kappa shape index (κ3) is 5.63. The van der Waals surface area contributed by atoms with Crippen LogP contribution in [-0.2, 0) is 21.4 Å². The molecule has 32 heavy (non-hydrogen) atoms. The number of hydrogen-bond acceptors (Lipinski definition) is 6. The normalized spacial score (nSPS) is 15.1. The van der Waals surface area contributed by atoms with Crippen molar-refractivity contribution in [1.29, 1.82) is 0 Å². The van der Waals surface area contributed by atoms with Crippen LogP contribution >= 0.6 is 0 Å². The number of carbonyl (C=O) groups excluding carboxylic acids is 1. The lowest BCUT2D eigenvalue weighted by Gasteiger charge is -2.14. The third-order valence-electron chi connectivity index (χ3n) is 4.35. The molecule has 1 aromatic carbocycles. The van der Waals surface area contributed by atoms with Crippen LogP contribution in [0.5, 0.6) is 0 Å². The number of fused-ring (bicyclic) bond motifs is 3. The van der Waals surface area contributed by atoms with E-state index in [1.807, 2.05) is 19.0 Å². The summed E-state index contributed by atoms with van der Waals surface area (Å²) in [5.74, 6) is -3.06. The Kier molecular flexibility index (Phi) is 7.64. The van der Waals surface area contributed by atoms with Gasteiger partial charge in [0.05, 0.1) is 17.9 Å². The number of nitrogens with zero attached hydrogens (tertiary/aromatic N) is 4. The fraction of sp³-hybridized carbons (Fsp3) is 0.389. The van der Waals surface area contributed by atoms with E-state index in [1.165, 1.54) is 17.7 Å². The molecule has 1 aliphatic rings. The van der Waals surface area contributed by atoms with Crippen molar-refractivity contribution in [3.05, 3.63) is 42.0 Å². The van der Waals surface area contributed by atoms with Crippen LogP contribution in [0.1, 0.15) is 16.2 Å². The minimum absolute atomic E-state index is 0.0768. The lowest BCUT2D eigenvalue weighted by Crippen LogP contribution is -2.33. The number of hydrogen-bond donors (Lipinski definition) is 2. The highest BCUT2D eigenvalue weighted by Crippen LogP contribution is 2.30. The predicted octanol–water partition coefficient (Wildman–Crippen LogP) is 0.931. The molecular weight excluding hydrogens is 455 g/mol. The van der Waals surface area contributed by atoms with Crippen LogP contribution in [0, 0.1) is 0 Å². The van der Waals surface area contributed by atoms with E-state index in [0.29, 0.717) is 24.5 Å². The summed E-state index contributed by atoms with van der Waals surface area (Å²) in [6.45, 7) is 1.27. The van der Waals surface area contributed by atoms with E-state index >= 15 is 0 Å². The second-order valence-electron chi connectivity index (χ2n) is 7.00. The van der Waals surface area contributed by atoms with Crippen molar-refractivity contribution in [3.63, 3.8) is 0 Å². The van der Waals surface area contributed by atoms with Crippen molar-refractivity contribution in [3.8, 4) is 5.69 Å². The van der Waals surface area contributed by atoms with Crippen molar-refractivity contribution in [2.24, 2.45) is 0 Å². The summed E-state index contributed by atoms with van der Waals surface area (Å²) in [5, 5.41) is 9.95. The molecule has 0 bridgehead atoms. The average molecular weight is 477 g/mol. The fourth-order valence-electron chi connectivity index (χ4n) is 2.74. The van der Waals surface area contributed by atoms with Gasteiger partial charge in [-0.3, -0.25) is 9.36 Å². The fourth-order valence-corrected chi connectivity index (χ4v) is 4.05. The molecule has 2 aromatic rings. The number of rotatable bonds is 4. The molecule has 10 nitrogen and oxygen atoms in total. The molecule has 1 amide bonds. The molecule has 0 spiro atoms. The van der Waals surface area contributed by atoms with Crippen molar-refractivity contribution in [2.45, 2.75) is 17.6 Å². The highest BCUT2D eigenvalue weighted by molar-refractivity contribution is 7.89. The summed E-state index contributed by atoms with van der Waals surface area (Å²) >= 11 is 0. The largest absolute Gasteiger partial charge is 0.490 e. The molecule has 3 rings (SSSR count). The Morgan fingerprint density at radius 2 is 1.84 bits per heavy atom. The van der Waals surface area contributed by atoms with Crippen LogP contribution in [0.15, 0.2) is 35.5 Å². The minimum Gasteiger partial charge on any atom is -0.475 e. The first kappa shape index (κ1) is 25.3. The molecular formula is C18H22F3N5O5S. The number of aliphatic carboxylic acids is 1. The molecule has 1 aliphatic heterocycles. The number of nitrogens with one attached hydrogen (secondary N) is 1. The smallest absolute Gasteiger partial charge is 0.475 e. The van der Waals surface area contributed by atoms with Gasteiger partial charge in [-0.25, -0.2) is 18.2 Å². The quantitative estimate of drug-likeness (QED) is 0.671. The van der Waals surface area contributed by atoms with Gasteiger partial charge in [0.15, 0.2) is 5.69 Å². The zero-order chi connectivity index (χ0) is 24.3. The summed E-state index contributed by atoms with van der Waals surface area (Å²) in [4.78, 5) is 27.8. The molecule has 0 saturated heterocycles. The molecule has 0 saturated carbocycles. The molecule has 0 radical (unpaired) electrons. The van der Waals surface area contributed by atoms with Crippen LogP contribution in [-0.4, -0.2) is 84.6 Å². The SMILES string of the molecule is CN(C)CCNC(=O)c1ncn2c1CN(C)S(=O)(=O)c1ccccc1-2.O=C(O)C(F)(F)F. The minimum atomic E-state index is -5.08. The van der Waals surface area contributed by atoms with Crippen molar-refractivity contribution in [1.82, 2.24) is 24.1 Å². The summed E-state index contributed by atoms with van der Waals surface area (Å²) in [7, 11) is 1.73. The van der Waals surface area contributed by atoms with Gasteiger partial charge in [0.1, 0.15) is 11.2 Å².